The van der Waals surface area contributed by atoms with E-state index in [4.69, 9.17) is 0 Å². The maximum absolute atomic E-state index is 13.1. The highest BCUT2D eigenvalue weighted by Gasteiger charge is 2.28. The zero-order chi connectivity index (χ0) is 17.8. The zero-order valence-electron chi connectivity index (χ0n) is 14.3. The highest BCUT2D eigenvalue weighted by Crippen LogP contribution is 2.25. The molecule has 0 radical (unpaired) electrons. The second-order valence-corrected chi connectivity index (χ2v) is 6.49. The standard InChI is InChI=1S/C19H22FN3O2/c1-22-18(24)11-10-17(21-22)19(25)23(16-4-2-3-5-16)13-12-14-6-8-15(20)9-7-14/h6-11,16H,2-5,12-13H2,1H3. The van der Waals surface area contributed by atoms with E-state index in [0.29, 0.717) is 13.0 Å². The summed E-state index contributed by atoms with van der Waals surface area (Å²) >= 11 is 0. The maximum Gasteiger partial charge on any atom is 0.274 e. The van der Waals surface area contributed by atoms with Crippen molar-refractivity contribution in [3.8, 4) is 0 Å². The quantitative estimate of drug-likeness (QED) is 0.838. The van der Waals surface area contributed by atoms with Crippen LogP contribution in [0, 0.1) is 5.82 Å². The molecule has 2 aromatic rings. The molecule has 0 spiro atoms. The number of carbonyl (C=O) groups excluding carboxylic acids is 1. The van der Waals surface area contributed by atoms with E-state index in [9.17, 15) is 14.0 Å². The molecule has 1 fully saturated rings. The SMILES string of the molecule is Cn1nc(C(=O)N(CCc2ccc(F)cc2)C2CCCC2)ccc1=O. The second kappa shape index (κ2) is 7.59. The van der Waals surface area contributed by atoms with Crippen molar-refractivity contribution in [3.05, 3.63) is 63.8 Å². The lowest BCUT2D eigenvalue weighted by molar-refractivity contribution is 0.0675. The Kier molecular flexibility index (Phi) is 5.26. The Morgan fingerprint density at radius 3 is 2.52 bits per heavy atom. The number of halogens is 1. The van der Waals surface area contributed by atoms with Crippen molar-refractivity contribution in [3.63, 3.8) is 0 Å². The van der Waals surface area contributed by atoms with Crippen molar-refractivity contribution >= 4 is 5.91 Å². The van der Waals surface area contributed by atoms with Gasteiger partial charge in [-0.1, -0.05) is 25.0 Å². The molecule has 1 aliphatic rings. The van der Waals surface area contributed by atoms with Crippen LogP contribution in [-0.4, -0.2) is 33.2 Å². The summed E-state index contributed by atoms with van der Waals surface area (Å²) in [5.74, 6) is -0.411. The Hall–Kier alpha value is -2.50. The number of hydrogen-bond acceptors (Lipinski definition) is 3. The lowest BCUT2D eigenvalue weighted by atomic mass is 10.1. The molecule has 1 aliphatic carbocycles. The van der Waals surface area contributed by atoms with Crippen LogP contribution in [0.2, 0.25) is 0 Å². The fourth-order valence-electron chi connectivity index (χ4n) is 3.33. The summed E-state index contributed by atoms with van der Waals surface area (Å²) in [4.78, 5) is 26.3. The van der Waals surface area contributed by atoms with Gasteiger partial charge in [-0.25, -0.2) is 9.07 Å². The Morgan fingerprint density at radius 1 is 1.20 bits per heavy atom. The Morgan fingerprint density at radius 2 is 1.88 bits per heavy atom. The van der Waals surface area contributed by atoms with E-state index in [1.54, 1.807) is 12.1 Å². The van der Waals surface area contributed by atoms with Crippen molar-refractivity contribution in [1.82, 2.24) is 14.7 Å². The molecule has 1 heterocycles. The Labute approximate surface area is 146 Å². The molecule has 0 saturated heterocycles. The van der Waals surface area contributed by atoms with Crippen LogP contribution < -0.4 is 5.56 Å². The average molecular weight is 343 g/mol. The summed E-state index contributed by atoms with van der Waals surface area (Å²) in [7, 11) is 1.54. The van der Waals surface area contributed by atoms with Crippen LogP contribution in [0.3, 0.4) is 0 Å². The first-order valence-electron chi connectivity index (χ1n) is 8.64. The minimum Gasteiger partial charge on any atom is -0.334 e. The second-order valence-electron chi connectivity index (χ2n) is 6.49. The van der Waals surface area contributed by atoms with Crippen LogP contribution in [0.1, 0.15) is 41.7 Å². The van der Waals surface area contributed by atoms with Gasteiger partial charge in [-0.15, -0.1) is 0 Å². The molecule has 3 rings (SSSR count). The number of aryl methyl sites for hydroxylation is 1. The summed E-state index contributed by atoms with van der Waals surface area (Å²) in [5, 5.41) is 4.09. The smallest absolute Gasteiger partial charge is 0.274 e. The topological polar surface area (TPSA) is 55.2 Å². The molecular weight excluding hydrogens is 321 g/mol. The van der Waals surface area contributed by atoms with Gasteiger partial charge in [-0.3, -0.25) is 9.59 Å². The molecule has 25 heavy (non-hydrogen) atoms. The number of aromatic nitrogens is 2. The first-order chi connectivity index (χ1) is 12.0. The van der Waals surface area contributed by atoms with Crippen LogP contribution >= 0.6 is 0 Å². The number of carbonyl (C=O) groups is 1. The summed E-state index contributed by atoms with van der Waals surface area (Å²) in [5.41, 5.74) is 1.04. The van der Waals surface area contributed by atoms with Crippen molar-refractivity contribution < 1.29 is 9.18 Å². The van der Waals surface area contributed by atoms with E-state index in [0.717, 1.165) is 31.2 Å². The van der Waals surface area contributed by atoms with Gasteiger partial charge in [0.05, 0.1) is 0 Å². The van der Waals surface area contributed by atoms with E-state index in [1.807, 2.05) is 4.90 Å². The summed E-state index contributed by atoms with van der Waals surface area (Å²) in [6.45, 7) is 0.555. The molecule has 0 aliphatic heterocycles. The van der Waals surface area contributed by atoms with E-state index in [-0.39, 0.29) is 29.0 Å². The summed E-state index contributed by atoms with van der Waals surface area (Å²) < 4.78 is 14.2. The number of nitrogens with zero attached hydrogens (tertiary/aromatic N) is 3. The van der Waals surface area contributed by atoms with Crippen molar-refractivity contribution in [2.75, 3.05) is 6.54 Å². The number of rotatable bonds is 5. The summed E-state index contributed by atoms with van der Waals surface area (Å²) in [6, 6.07) is 9.43. The van der Waals surface area contributed by atoms with Crippen molar-refractivity contribution in [1.29, 1.82) is 0 Å². The van der Waals surface area contributed by atoms with Crippen molar-refractivity contribution in [2.24, 2.45) is 7.05 Å². The molecule has 1 aromatic carbocycles. The van der Waals surface area contributed by atoms with Gasteiger partial charge in [0.25, 0.3) is 11.5 Å². The first-order valence-corrected chi connectivity index (χ1v) is 8.64. The predicted octanol–water partition coefficient (Wildman–Crippen LogP) is 2.55. The van der Waals surface area contributed by atoms with Gasteiger partial charge in [0.2, 0.25) is 0 Å². The lowest BCUT2D eigenvalue weighted by Crippen LogP contribution is -2.41. The monoisotopic (exact) mass is 343 g/mol. The third kappa shape index (κ3) is 4.13. The third-order valence-corrected chi connectivity index (χ3v) is 4.76. The van der Waals surface area contributed by atoms with Gasteiger partial charge in [0.15, 0.2) is 0 Å². The molecule has 0 atom stereocenters. The molecular formula is C19H22FN3O2. The van der Waals surface area contributed by atoms with Gasteiger partial charge in [0.1, 0.15) is 11.5 Å². The number of benzene rings is 1. The number of amides is 1. The van der Waals surface area contributed by atoms with Crippen LogP contribution in [0.4, 0.5) is 4.39 Å². The molecule has 6 heteroatoms. The minimum absolute atomic E-state index is 0.149. The lowest BCUT2D eigenvalue weighted by Gasteiger charge is -2.29. The van der Waals surface area contributed by atoms with Gasteiger partial charge in [-0.05, 0) is 43.0 Å². The molecule has 1 aromatic heterocycles. The first kappa shape index (κ1) is 17.3. The van der Waals surface area contributed by atoms with E-state index in [1.165, 1.54) is 36.0 Å². The van der Waals surface area contributed by atoms with Gasteiger partial charge in [0, 0.05) is 25.7 Å². The van der Waals surface area contributed by atoms with Gasteiger partial charge < -0.3 is 4.90 Å². The summed E-state index contributed by atoms with van der Waals surface area (Å²) in [6.07, 6.45) is 4.87. The Balaban J connectivity index is 1.78. The van der Waals surface area contributed by atoms with Gasteiger partial charge >= 0.3 is 0 Å². The Bertz CT molecular complexity index is 795. The fourth-order valence-corrected chi connectivity index (χ4v) is 3.33. The van der Waals surface area contributed by atoms with E-state index in [2.05, 4.69) is 5.10 Å². The van der Waals surface area contributed by atoms with Gasteiger partial charge in [-0.2, -0.15) is 5.10 Å². The van der Waals surface area contributed by atoms with Crippen LogP contribution in [0.15, 0.2) is 41.2 Å². The molecule has 0 bridgehead atoms. The highest BCUT2D eigenvalue weighted by atomic mass is 19.1. The molecule has 5 nitrogen and oxygen atoms in total. The molecule has 1 amide bonds. The number of hydrogen-bond donors (Lipinski definition) is 0. The molecule has 1 saturated carbocycles. The normalized spacial score (nSPS) is 14.6. The van der Waals surface area contributed by atoms with E-state index >= 15 is 0 Å². The predicted molar refractivity (Wildman–Crippen MR) is 92.9 cm³/mol. The van der Waals surface area contributed by atoms with Crippen LogP contribution in [0.5, 0.6) is 0 Å². The molecule has 0 unspecified atom stereocenters. The fraction of sp³-hybridized carbons (Fsp3) is 0.421. The van der Waals surface area contributed by atoms with E-state index < -0.39 is 0 Å². The van der Waals surface area contributed by atoms with Crippen LogP contribution in [-0.2, 0) is 13.5 Å². The minimum atomic E-state index is -0.262. The maximum atomic E-state index is 13.1. The van der Waals surface area contributed by atoms with Crippen LogP contribution in [0.25, 0.3) is 0 Å². The van der Waals surface area contributed by atoms with Crippen molar-refractivity contribution in [2.45, 2.75) is 38.1 Å². The highest BCUT2D eigenvalue weighted by molar-refractivity contribution is 5.92. The third-order valence-electron chi connectivity index (χ3n) is 4.76. The molecule has 132 valence electrons. The molecule has 0 N–H and O–H groups in total. The largest absolute Gasteiger partial charge is 0.334 e. The average Bonchev–Trinajstić information content (AvgIpc) is 3.13. The zero-order valence-corrected chi connectivity index (χ0v) is 14.3.